The van der Waals surface area contributed by atoms with E-state index in [1.165, 1.54) is 11.8 Å². The molecule has 0 bridgehead atoms. The van der Waals surface area contributed by atoms with Crippen LogP contribution in [-0.2, 0) is 0 Å². The maximum absolute atomic E-state index is 11.8. The molecule has 0 radical (unpaired) electrons. The molecule has 1 rings (SSSR count). The predicted octanol–water partition coefficient (Wildman–Crippen LogP) is 4.27. The van der Waals surface area contributed by atoms with Gasteiger partial charge in [-0.25, -0.2) is 0 Å². The zero-order chi connectivity index (χ0) is 12.2. The third-order valence-electron chi connectivity index (χ3n) is 1.58. The SMILES string of the molecule is Nc1cc(Cl)ccc1SCCSC(F)(F)F. The maximum atomic E-state index is 11.8. The summed E-state index contributed by atoms with van der Waals surface area (Å²) in [7, 11) is 0. The number of benzene rings is 1. The van der Waals surface area contributed by atoms with Gasteiger partial charge in [-0.3, -0.25) is 0 Å². The predicted molar refractivity (Wildman–Crippen MR) is 65.1 cm³/mol. The van der Waals surface area contributed by atoms with E-state index in [4.69, 9.17) is 17.3 Å². The zero-order valence-corrected chi connectivity index (χ0v) is 10.4. The highest BCUT2D eigenvalue weighted by atomic mass is 35.5. The average molecular weight is 288 g/mol. The monoisotopic (exact) mass is 287 g/mol. The molecule has 1 aromatic rings. The molecule has 0 unspecified atom stereocenters. The van der Waals surface area contributed by atoms with Gasteiger partial charge in [0.05, 0.1) is 0 Å². The molecule has 16 heavy (non-hydrogen) atoms. The lowest BCUT2D eigenvalue weighted by atomic mass is 10.3. The summed E-state index contributed by atoms with van der Waals surface area (Å²) in [4.78, 5) is 0.757. The Morgan fingerprint density at radius 3 is 2.50 bits per heavy atom. The molecule has 0 aliphatic heterocycles. The Kier molecular flexibility index (Phi) is 5.14. The first kappa shape index (κ1) is 13.9. The number of hydrogen-bond donors (Lipinski definition) is 1. The van der Waals surface area contributed by atoms with Crippen LogP contribution in [0.1, 0.15) is 0 Å². The summed E-state index contributed by atoms with van der Waals surface area (Å²) < 4.78 is 35.5. The van der Waals surface area contributed by atoms with Gasteiger partial charge in [0.1, 0.15) is 0 Å². The van der Waals surface area contributed by atoms with Gasteiger partial charge in [-0.1, -0.05) is 23.4 Å². The minimum absolute atomic E-state index is 0.0102. The Balaban J connectivity index is 2.38. The van der Waals surface area contributed by atoms with E-state index < -0.39 is 5.51 Å². The Morgan fingerprint density at radius 2 is 1.94 bits per heavy atom. The van der Waals surface area contributed by atoms with E-state index in [0.717, 1.165) is 4.90 Å². The van der Waals surface area contributed by atoms with Crippen LogP contribution in [0.5, 0.6) is 0 Å². The van der Waals surface area contributed by atoms with E-state index in [2.05, 4.69) is 0 Å². The normalized spacial score (nSPS) is 11.8. The molecule has 0 saturated heterocycles. The maximum Gasteiger partial charge on any atom is 0.441 e. The Morgan fingerprint density at radius 1 is 1.25 bits per heavy atom. The molecule has 1 nitrogen and oxygen atoms in total. The number of thioether (sulfide) groups is 2. The van der Waals surface area contributed by atoms with Gasteiger partial charge in [-0.2, -0.15) is 13.2 Å². The highest BCUT2D eigenvalue weighted by Crippen LogP contribution is 2.33. The molecule has 0 heterocycles. The molecular weight excluding hydrogens is 279 g/mol. The molecule has 1 aromatic carbocycles. The number of rotatable bonds is 4. The van der Waals surface area contributed by atoms with Gasteiger partial charge < -0.3 is 5.73 Å². The van der Waals surface area contributed by atoms with E-state index in [-0.39, 0.29) is 17.5 Å². The van der Waals surface area contributed by atoms with Gasteiger partial charge >= 0.3 is 5.51 Å². The molecule has 0 aromatic heterocycles. The largest absolute Gasteiger partial charge is 0.441 e. The first-order chi connectivity index (χ1) is 7.38. The van der Waals surface area contributed by atoms with Crippen LogP contribution in [0.2, 0.25) is 5.02 Å². The summed E-state index contributed by atoms with van der Waals surface area (Å²) in [6.07, 6.45) is 0. The van der Waals surface area contributed by atoms with Crippen molar-refractivity contribution in [2.75, 3.05) is 17.2 Å². The van der Waals surface area contributed by atoms with Crippen molar-refractivity contribution in [3.63, 3.8) is 0 Å². The van der Waals surface area contributed by atoms with Crippen molar-refractivity contribution in [2.24, 2.45) is 0 Å². The fourth-order valence-corrected chi connectivity index (χ4v) is 2.65. The fourth-order valence-electron chi connectivity index (χ4n) is 0.960. The number of anilines is 1. The smallest absolute Gasteiger partial charge is 0.398 e. The summed E-state index contributed by atoms with van der Waals surface area (Å²) in [5.41, 5.74) is 1.99. The number of halogens is 4. The molecule has 0 spiro atoms. The molecule has 2 N–H and O–H groups in total. The van der Waals surface area contributed by atoms with Crippen LogP contribution in [0.15, 0.2) is 23.1 Å². The number of alkyl halides is 3. The van der Waals surface area contributed by atoms with Crippen molar-refractivity contribution < 1.29 is 13.2 Å². The molecule has 0 saturated carbocycles. The van der Waals surface area contributed by atoms with E-state index in [0.29, 0.717) is 16.5 Å². The third-order valence-corrected chi connectivity index (χ3v) is 3.90. The summed E-state index contributed by atoms with van der Waals surface area (Å²) in [5, 5.41) is 0.520. The average Bonchev–Trinajstić information content (AvgIpc) is 2.13. The van der Waals surface area contributed by atoms with E-state index in [1.807, 2.05) is 0 Å². The van der Waals surface area contributed by atoms with Crippen LogP contribution < -0.4 is 5.73 Å². The van der Waals surface area contributed by atoms with Gasteiger partial charge in [0.2, 0.25) is 0 Å². The first-order valence-electron chi connectivity index (χ1n) is 4.27. The summed E-state index contributed by atoms with van der Waals surface area (Å²) in [6.45, 7) is 0. The van der Waals surface area contributed by atoms with Crippen molar-refractivity contribution in [3.8, 4) is 0 Å². The Labute approximate surface area is 105 Å². The van der Waals surface area contributed by atoms with Crippen LogP contribution in [0.3, 0.4) is 0 Å². The molecule has 0 aliphatic carbocycles. The van der Waals surface area contributed by atoms with E-state index in [1.54, 1.807) is 18.2 Å². The lowest BCUT2D eigenvalue weighted by molar-refractivity contribution is -0.0326. The van der Waals surface area contributed by atoms with Crippen LogP contribution in [0.4, 0.5) is 18.9 Å². The molecule has 7 heteroatoms. The Hall–Kier alpha value is -0.200. The van der Waals surface area contributed by atoms with Crippen LogP contribution in [0, 0.1) is 0 Å². The molecular formula is C9H9ClF3NS2. The zero-order valence-electron chi connectivity index (χ0n) is 8.05. The summed E-state index contributed by atoms with van der Waals surface area (Å²) in [6, 6.07) is 4.96. The number of nitrogen functional groups attached to an aromatic ring is 1. The van der Waals surface area contributed by atoms with Crippen molar-refractivity contribution in [1.29, 1.82) is 0 Å². The van der Waals surface area contributed by atoms with Gasteiger partial charge in [-0.05, 0) is 18.2 Å². The second kappa shape index (κ2) is 5.93. The standard InChI is InChI=1S/C9H9ClF3NS2/c10-6-1-2-8(7(14)5-6)15-3-4-16-9(11,12)13/h1-2,5H,3-4,14H2. The topological polar surface area (TPSA) is 26.0 Å². The minimum atomic E-state index is -4.16. The minimum Gasteiger partial charge on any atom is -0.398 e. The number of hydrogen-bond acceptors (Lipinski definition) is 3. The highest BCUT2D eigenvalue weighted by molar-refractivity contribution is 8.03. The van der Waals surface area contributed by atoms with Crippen LogP contribution >= 0.6 is 35.1 Å². The van der Waals surface area contributed by atoms with Crippen LogP contribution in [0.25, 0.3) is 0 Å². The van der Waals surface area contributed by atoms with Crippen molar-refractivity contribution in [1.82, 2.24) is 0 Å². The van der Waals surface area contributed by atoms with E-state index in [9.17, 15) is 13.2 Å². The molecule has 0 fully saturated rings. The summed E-state index contributed by atoms with van der Waals surface area (Å²) >= 11 is 6.96. The number of nitrogens with two attached hydrogens (primary N) is 1. The van der Waals surface area contributed by atoms with Crippen molar-refractivity contribution in [2.45, 2.75) is 10.4 Å². The summed E-state index contributed by atoms with van der Waals surface area (Å²) in [5.74, 6) is 0.367. The van der Waals surface area contributed by atoms with Gasteiger partial charge in [-0.15, -0.1) is 11.8 Å². The third kappa shape index (κ3) is 5.23. The van der Waals surface area contributed by atoms with Crippen molar-refractivity contribution >= 4 is 40.8 Å². The molecule has 0 aliphatic rings. The Bertz CT molecular complexity index is 357. The highest BCUT2D eigenvalue weighted by Gasteiger charge is 2.27. The lowest BCUT2D eigenvalue weighted by Gasteiger charge is -2.07. The second-order valence-electron chi connectivity index (χ2n) is 2.82. The molecule has 0 atom stereocenters. The van der Waals surface area contributed by atoms with Crippen LogP contribution in [-0.4, -0.2) is 17.0 Å². The molecule has 0 amide bonds. The molecule has 90 valence electrons. The quantitative estimate of drug-likeness (QED) is 0.509. The van der Waals surface area contributed by atoms with Gasteiger partial charge in [0.25, 0.3) is 0 Å². The lowest BCUT2D eigenvalue weighted by Crippen LogP contribution is -2.02. The van der Waals surface area contributed by atoms with Gasteiger partial charge in [0, 0.05) is 27.1 Å². The first-order valence-corrected chi connectivity index (χ1v) is 6.62. The fraction of sp³-hybridized carbons (Fsp3) is 0.333. The van der Waals surface area contributed by atoms with Gasteiger partial charge in [0.15, 0.2) is 0 Å². The second-order valence-corrected chi connectivity index (χ2v) is 5.56. The van der Waals surface area contributed by atoms with E-state index >= 15 is 0 Å². The van der Waals surface area contributed by atoms with Crippen molar-refractivity contribution in [3.05, 3.63) is 23.2 Å².